The second kappa shape index (κ2) is 4.82. The molecule has 0 radical (unpaired) electrons. The maximum atomic E-state index is 13.6. The molecule has 20 heavy (non-hydrogen) atoms. The third-order valence-corrected chi connectivity index (χ3v) is 2.70. The van der Waals surface area contributed by atoms with Crippen molar-refractivity contribution in [3.05, 3.63) is 35.9 Å². The number of fused-ring (bicyclic) bond motifs is 1. The first-order chi connectivity index (χ1) is 9.67. The second-order valence-corrected chi connectivity index (χ2v) is 3.99. The molecule has 2 aromatic rings. The van der Waals surface area contributed by atoms with Crippen molar-refractivity contribution in [3.63, 3.8) is 0 Å². The summed E-state index contributed by atoms with van der Waals surface area (Å²) in [6.45, 7) is 0.142. The molecule has 1 aliphatic rings. The first-order valence-corrected chi connectivity index (χ1v) is 5.66. The summed E-state index contributed by atoms with van der Waals surface area (Å²) in [5.74, 6) is 4.12. The van der Waals surface area contributed by atoms with Crippen LogP contribution in [0.25, 0.3) is 0 Å². The number of hydrazine groups is 1. The molecular formula is C12H10F2N4O2. The summed E-state index contributed by atoms with van der Waals surface area (Å²) in [4.78, 5) is 3.71. The number of nitrogens with one attached hydrogen (secondary N) is 2. The van der Waals surface area contributed by atoms with Crippen LogP contribution in [0.3, 0.4) is 0 Å². The van der Waals surface area contributed by atoms with Gasteiger partial charge in [-0.2, -0.15) is 0 Å². The number of aromatic nitrogens is 1. The Labute approximate surface area is 112 Å². The first kappa shape index (κ1) is 12.4. The van der Waals surface area contributed by atoms with E-state index in [1.54, 1.807) is 18.2 Å². The Morgan fingerprint density at radius 1 is 1.05 bits per heavy atom. The van der Waals surface area contributed by atoms with Crippen molar-refractivity contribution in [1.82, 2.24) is 4.98 Å². The van der Waals surface area contributed by atoms with Gasteiger partial charge in [-0.15, -0.1) is 0 Å². The van der Waals surface area contributed by atoms with Crippen molar-refractivity contribution in [2.45, 2.75) is 0 Å². The number of hydrogen-bond donors (Lipinski definition) is 3. The van der Waals surface area contributed by atoms with E-state index in [4.69, 9.17) is 15.3 Å². The second-order valence-electron chi connectivity index (χ2n) is 3.99. The average molecular weight is 280 g/mol. The van der Waals surface area contributed by atoms with E-state index in [1.165, 1.54) is 0 Å². The number of anilines is 3. The molecule has 104 valence electrons. The van der Waals surface area contributed by atoms with Crippen molar-refractivity contribution >= 4 is 17.3 Å². The van der Waals surface area contributed by atoms with Crippen LogP contribution in [-0.2, 0) is 0 Å². The fourth-order valence-corrected chi connectivity index (χ4v) is 1.77. The van der Waals surface area contributed by atoms with E-state index < -0.39 is 11.6 Å². The molecule has 0 unspecified atom stereocenters. The fourth-order valence-electron chi connectivity index (χ4n) is 1.77. The number of ether oxygens (including phenoxy) is 2. The molecular weight excluding hydrogens is 270 g/mol. The zero-order valence-electron chi connectivity index (χ0n) is 10.1. The van der Waals surface area contributed by atoms with Gasteiger partial charge in [0.15, 0.2) is 34.8 Å². The van der Waals surface area contributed by atoms with Crippen LogP contribution >= 0.6 is 0 Å². The van der Waals surface area contributed by atoms with Crippen LogP contribution in [0, 0.1) is 11.6 Å². The zero-order chi connectivity index (χ0) is 14.1. The molecule has 0 bridgehead atoms. The Hall–Kier alpha value is -2.61. The fraction of sp³-hybridized carbons (Fsp3) is 0.0833. The normalized spacial score (nSPS) is 12.3. The topological polar surface area (TPSA) is 81.4 Å². The predicted molar refractivity (Wildman–Crippen MR) is 67.8 cm³/mol. The van der Waals surface area contributed by atoms with Crippen LogP contribution in [0.4, 0.5) is 26.1 Å². The standard InChI is InChI=1S/C12H10F2N4O2/c13-7-4-8(14)12(18-15)17-11(7)16-6-1-2-9-10(3-6)20-5-19-9/h1-4H,5,15H2,(H2,16,17,18). The molecule has 4 N–H and O–H groups in total. The molecule has 0 atom stereocenters. The monoisotopic (exact) mass is 280 g/mol. The lowest BCUT2D eigenvalue weighted by molar-refractivity contribution is 0.174. The Kier molecular flexibility index (Phi) is 2.99. The molecule has 8 heteroatoms. The number of hydrogen-bond acceptors (Lipinski definition) is 6. The van der Waals surface area contributed by atoms with Gasteiger partial charge in [0.1, 0.15) is 0 Å². The van der Waals surface area contributed by atoms with Crippen LogP contribution in [0.15, 0.2) is 24.3 Å². The van der Waals surface area contributed by atoms with Gasteiger partial charge in [0.05, 0.1) is 0 Å². The van der Waals surface area contributed by atoms with Gasteiger partial charge in [-0.1, -0.05) is 0 Å². The molecule has 0 saturated heterocycles. The van der Waals surface area contributed by atoms with Gasteiger partial charge < -0.3 is 20.2 Å². The summed E-state index contributed by atoms with van der Waals surface area (Å²) < 4.78 is 37.2. The Bertz CT molecular complexity index is 666. The lowest BCUT2D eigenvalue weighted by Gasteiger charge is -2.09. The van der Waals surface area contributed by atoms with Crippen LogP contribution in [-0.4, -0.2) is 11.8 Å². The van der Waals surface area contributed by atoms with Crippen molar-refractivity contribution in [2.75, 3.05) is 17.5 Å². The van der Waals surface area contributed by atoms with Gasteiger partial charge in [-0.05, 0) is 12.1 Å². The Balaban J connectivity index is 1.91. The van der Waals surface area contributed by atoms with Crippen molar-refractivity contribution in [3.8, 4) is 11.5 Å². The molecule has 1 aliphatic heterocycles. The van der Waals surface area contributed by atoms with E-state index >= 15 is 0 Å². The quantitative estimate of drug-likeness (QED) is 0.590. The number of nitrogens with two attached hydrogens (primary N) is 1. The number of halogens is 2. The minimum atomic E-state index is -0.874. The van der Waals surface area contributed by atoms with E-state index in [0.29, 0.717) is 23.3 Å². The summed E-state index contributed by atoms with van der Waals surface area (Å²) in [6.07, 6.45) is 0. The zero-order valence-corrected chi connectivity index (χ0v) is 10.1. The highest BCUT2D eigenvalue weighted by Gasteiger charge is 2.15. The van der Waals surface area contributed by atoms with Crippen LogP contribution in [0.2, 0.25) is 0 Å². The number of nitrogens with zero attached hydrogens (tertiary/aromatic N) is 1. The summed E-state index contributed by atoms with van der Waals surface area (Å²) in [5.41, 5.74) is 2.58. The third kappa shape index (κ3) is 2.16. The average Bonchev–Trinajstić information content (AvgIpc) is 2.89. The largest absolute Gasteiger partial charge is 0.454 e. The van der Waals surface area contributed by atoms with Crippen LogP contribution < -0.4 is 26.1 Å². The molecule has 0 amide bonds. The third-order valence-electron chi connectivity index (χ3n) is 2.70. The number of nitrogen functional groups attached to an aromatic ring is 1. The molecule has 1 aromatic carbocycles. The Morgan fingerprint density at radius 3 is 2.60 bits per heavy atom. The van der Waals surface area contributed by atoms with Crippen molar-refractivity contribution in [2.24, 2.45) is 5.84 Å². The van der Waals surface area contributed by atoms with Gasteiger partial charge >= 0.3 is 0 Å². The molecule has 2 heterocycles. The highest BCUT2D eigenvalue weighted by molar-refractivity contribution is 5.63. The molecule has 3 rings (SSSR count). The van der Waals surface area contributed by atoms with Crippen molar-refractivity contribution < 1.29 is 18.3 Å². The number of rotatable bonds is 3. The summed E-state index contributed by atoms with van der Waals surface area (Å²) in [7, 11) is 0. The molecule has 0 fully saturated rings. The maximum absolute atomic E-state index is 13.6. The highest BCUT2D eigenvalue weighted by Crippen LogP contribution is 2.35. The van der Waals surface area contributed by atoms with Crippen molar-refractivity contribution in [1.29, 1.82) is 0 Å². The van der Waals surface area contributed by atoms with Gasteiger partial charge in [-0.3, -0.25) is 0 Å². The number of pyridine rings is 1. The Morgan fingerprint density at radius 2 is 1.80 bits per heavy atom. The molecule has 6 nitrogen and oxygen atoms in total. The van der Waals surface area contributed by atoms with E-state index in [-0.39, 0.29) is 18.4 Å². The van der Waals surface area contributed by atoms with Crippen LogP contribution in [0.1, 0.15) is 0 Å². The van der Waals surface area contributed by atoms with Crippen LogP contribution in [0.5, 0.6) is 11.5 Å². The van der Waals surface area contributed by atoms with Gasteiger partial charge in [-0.25, -0.2) is 19.6 Å². The van der Waals surface area contributed by atoms with E-state index in [2.05, 4.69) is 15.7 Å². The SMILES string of the molecule is NNc1nc(Nc2ccc3c(c2)OCO3)c(F)cc1F. The minimum Gasteiger partial charge on any atom is -0.454 e. The molecule has 1 aromatic heterocycles. The summed E-state index contributed by atoms with van der Waals surface area (Å²) in [6, 6.07) is 5.65. The van der Waals surface area contributed by atoms with Gasteiger partial charge in [0, 0.05) is 17.8 Å². The van der Waals surface area contributed by atoms with E-state index in [1.807, 2.05) is 0 Å². The lowest BCUT2D eigenvalue weighted by Crippen LogP contribution is -2.12. The maximum Gasteiger partial charge on any atom is 0.231 e. The number of benzene rings is 1. The first-order valence-electron chi connectivity index (χ1n) is 5.66. The van der Waals surface area contributed by atoms with Gasteiger partial charge in [0.25, 0.3) is 0 Å². The highest BCUT2D eigenvalue weighted by atomic mass is 19.1. The minimum absolute atomic E-state index is 0.142. The van der Waals surface area contributed by atoms with E-state index in [0.717, 1.165) is 0 Å². The summed E-state index contributed by atoms with van der Waals surface area (Å²) in [5, 5.41) is 2.72. The molecule has 0 spiro atoms. The molecule has 0 aliphatic carbocycles. The summed E-state index contributed by atoms with van der Waals surface area (Å²) >= 11 is 0. The van der Waals surface area contributed by atoms with E-state index in [9.17, 15) is 8.78 Å². The molecule has 0 saturated carbocycles. The predicted octanol–water partition coefficient (Wildman–Crippen LogP) is 2.12. The van der Waals surface area contributed by atoms with Gasteiger partial charge in [0.2, 0.25) is 6.79 Å². The smallest absolute Gasteiger partial charge is 0.231 e. The lowest BCUT2D eigenvalue weighted by atomic mass is 10.2.